The molecule has 0 radical (unpaired) electrons. The first kappa shape index (κ1) is 12.4. The van der Waals surface area contributed by atoms with Crippen molar-refractivity contribution < 1.29 is 14.3 Å². The monoisotopic (exact) mass is 248 g/mol. The highest BCUT2D eigenvalue weighted by molar-refractivity contribution is 6.07. The summed E-state index contributed by atoms with van der Waals surface area (Å²) in [4.78, 5) is 25.4. The lowest BCUT2D eigenvalue weighted by Crippen LogP contribution is -2.58. The topological polar surface area (TPSA) is 58.6 Å². The van der Waals surface area contributed by atoms with E-state index in [-0.39, 0.29) is 18.4 Å². The third-order valence-corrected chi connectivity index (χ3v) is 3.03. The van der Waals surface area contributed by atoms with E-state index in [0.29, 0.717) is 17.9 Å². The second-order valence-electron chi connectivity index (χ2n) is 4.08. The van der Waals surface area contributed by atoms with Gasteiger partial charge in [-0.2, -0.15) is 0 Å². The van der Waals surface area contributed by atoms with Gasteiger partial charge in [0.25, 0.3) is 0 Å². The zero-order chi connectivity index (χ0) is 13.1. The second kappa shape index (κ2) is 5.08. The molecule has 1 saturated heterocycles. The quantitative estimate of drug-likeness (QED) is 0.866. The first-order chi connectivity index (χ1) is 8.69. The molecule has 1 aromatic carbocycles. The molecule has 1 fully saturated rings. The van der Waals surface area contributed by atoms with E-state index in [4.69, 9.17) is 4.74 Å². The lowest BCUT2D eigenvalue weighted by molar-refractivity contribution is -0.131. The molecular formula is C13H16N2O3. The molecule has 2 rings (SSSR count). The predicted molar refractivity (Wildman–Crippen MR) is 67.6 cm³/mol. The van der Waals surface area contributed by atoms with E-state index in [1.165, 1.54) is 4.90 Å². The van der Waals surface area contributed by atoms with Crippen LogP contribution in [0.15, 0.2) is 24.3 Å². The maximum atomic E-state index is 12.0. The molecule has 1 atom stereocenters. The number of hydrogen-bond acceptors (Lipinski definition) is 3. The molecule has 1 unspecified atom stereocenters. The number of methoxy groups -OCH3 is 1. The Kier molecular flexibility index (Phi) is 3.50. The number of ether oxygens (including phenoxy) is 1. The van der Waals surface area contributed by atoms with Gasteiger partial charge in [0.1, 0.15) is 11.8 Å². The summed E-state index contributed by atoms with van der Waals surface area (Å²) in [5.41, 5.74) is 0.645. The van der Waals surface area contributed by atoms with Crippen molar-refractivity contribution in [3.8, 4) is 5.75 Å². The smallest absolute Gasteiger partial charge is 0.247 e. The molecule has 5 nitrogen and oxygen atoms in total. The van der Waals surface area contributed by atoms with Gasteiger partial charge in [-0.3, -0.25) is 14.5 Å². The molecule has 0 aromatic heterocycles. The first-order valence-electron chi connectivity index (χ1n) is 5.91. The number of piperazine rings is 1. The van der Waals surface area contributed by atoms with Crippen LogP contribution in [-0.4, -0.2) is 31.5 Å². The van der Waals surface area contributed by atoms with Gasteiger partial charge < -0.3 is 10.1 Å². The predicted octanol–water partition coefficient (Wildman–Crippen LogP) is 0.937. The van der Waals surface area contributed by atoms with Crippen molar-refractivity contribution in [2.24, 2.45) is 0 Å². The zero-order valence-corrected chi connectivity index (χ0v) is 10.5. The average Bonchev–Trinajstić information content (AvgIpc) is 2.41. The molecule has 0 spiro atoms. The molecule has 1 aliphatic rings. The van der Waals surface area contributed by atoms with E-state index in [1.807, 2.05) is 19.1 Å². The largest absolute Gasteiger partial charge is 0.495 e. The Balaban J connectivity index is 2.44. The van der Waals surface area contributed by atoms with Gasteiger partial charge in [-0.15, -0.1) is 0 Å². The van der Waals surface area contributed by atoms with E-state index in [1.54, 1.807) is 19.2 Å². The number of carbonyl (C=O) groups excluding carboxylic acids is 2. The minimum absolute atomic E-state index is 0.0351. The van der Waals surface area contributed by atoms with E-state index >= 15 is 0 Å². The Bertz CT molecular complexity index is 473. The van der Waals surface area contributed by atoms with Crippen molar-refractivity contribution in [1.82, 2.24) is 5.32 Å². The van der Waals surface area contributed by atoms with Crippen LogP contribution < -0.4 is 15.0 Å². The number of benzene rings is 1. The minimum atomic E-state index is -0.470. The van der Waals surface area contributed by atoms with Crippen LogP contribution in [0.3, 0.4) is 0 Å². The lowest BCUT2D eigenvalue weighted by atomic mass is 10.1. The van der Waals surface area contributed by atoms with Crippen molar-refractivity contribution in [3.05, 3.63) is 24.3 Å². The summed E-state index contributed by atoms with van der Waals surface area (Å²) in [6.07, 6.45) is 0.565. The molecule has 1 aromatic rings. The van der Waals surface area contributed by atoms with Crippen LogP contribution in [-0.2, 0) is 9.59 Å². The summed E-state index contributed by atoms with van der Waals surface area (Å²) in [6.45, 7) is 1.92. The van der Waals surface area contributed by atoms with Crippen LogP contribution in [0.4, 0.5) is 5.69 Å². The minimum Gasteiger partial charge on any atom is -0.495 e. The molecular weight excluding hydrogens is 232 g/mol. The number of anilines is 1. The molecule has 96 valence electrons. The van der Waals surface area contributed by atoms with Gasteiger partial charge in [-0.05, 0) is 18.6 Å². The Morgan fingerprint density at radius 1 is 1.39 bits per heavy atom. The molecule has 5 heteroatoms. The maximum absolute atomic E-state index is 12.0. The normalized spacial score (nSPS) is 19.7. The van der Waals surface area contributed by atoms with Gasteiger partial charge in [0.2, 0.25) is 11.8 Å². The van der Waals surface area contributed by atoms with Crippen LogP contribution in [0.2, 0.25) is 0 Å². The fourth-order valence-electron chi connectivity index (χ4n) is 2.16. The van der Waals surface area contributed by atoms with E-state index in [2.05, 4.69) is 5.32 Å². The van der Waals surface area contributed by atoms with Crippen LogP contribution >= 0.6 is 0 Å². The fourth-order valence-corrected chi connectivity index (χ4v) is 2.16. The van der Waals surface area contributed by atoms with Crippen molar-refractivity contribution in [2.75, 3.05) is 18.6 Å². The van der Waals surface area contributed by atoms with Crippen LogP contribution in [0.25, 0.3) is 0 Å². The molecule has 2 amide bonds. The summed E-state index contributed by atoms with van der Waals surface area (Å²) in [7, 11) is 1.55. The molecule has 1 N–H and O–H groups in total. The van der Waals surface area contributed by atoms with Gasteiger partial charge in [0.15, 0.2) is 0 Å². The Morgan fingerprint density at radius 2 is 2.11 bits per heavy atom. The highest BCUT2D eigenvalue weighted by Crippen LogP contribution is 2.30. The molecule has 1 heterocycles. The highest BCUT2D eigenvalue weighted by atomic mass is 16.5. The van der Waals surface area contributed by atoms with E-state index in [9.17, 15) is 9.59 Å². The third kappa shape index (κ3) is 2.03. The Labute approximate surface area is 106 Å². The summed E-state index contributed by atoms with van der Waals surface area (Å²) in [5.74, 6) is 0.355. The lowest BCUT2D eigenvalue weighted by Gasteiger charge is -2.35. The number of hydrogen-bond donors (Lipinski definition) is 1. The fraction of sp³-hybridized carbons (Fsp3) is 0.385. The molecule has 1 aliphatic heterocycles. The summed E-state index contributed by atoms with van der Waals surface area (Å²) in [6, 6.07) is 6.75. The van der Waals surface area contributed by atoms with Crippen molar-refractivity contribution >= 4 is 17.5 Å². The number of carbonyl (C=O) groups is 2. The van der Waals surface area contributed by atoms with Crippen LogP contribution in [0, 0.1) is 0 Å². The van der Waals surface area contributed by atoms with Crippen molar-refractivity contribution in [3.63, 3.8) is 0 Å². The van der Waals surface area contributed by atoms with E-state index < -0.39 is 6.04 Å². The Morgan fingerprint density at radius 3 is 2.78 bits per heavy atom. The van der Waals surface area contributed by atoms with Crippen molar-refractivity contribution in [2.45, 2.75) is 19.4 Å². The summed E-state index contributed by atoms with van der Waals surface area (Å²) < 4.78 is 5.25. The number of nitrogens with one attached hydrogen (secondary N) is 1. The first-order valence-corrected chi connectivity index (χ1v) is 5.91. The molecule has 0 bridgehead atoms. The number of amides is 2. The van der Waals surface area contributed by atoms with Crippen molar-refractivity contribution in [1.29, 1.82) is 0 Å². The highest BCUT2D eigenvalue weighted by Gasteiger charge is 2.35. The number of nitrogens with zero attached hydrogens (tertiary/aromatic N) is 1. The maximum Gasteiger partial charge on any atom is 0.247 e. The van der Waals surface area contributed by atoms with Crippen LogP contribution in [0.5, 0.6) is 5.75 Å². The average molecular weight is 248 g/mol. The summed E-state index contributed by atoms with van der Waals surface area (Å²) >= 11 is 0. The molecule has 0 aliphatic carbocycles. The van der Waals surface area contributed by atoms with Gasteiger partial charge in [0.05, 0.1) is 19.3 Å². The summed E-state index contributed by atoms with van der Waals surface area (Å²) in [5, 5.41) is 2.60. The van der Waals surface area contributed by atoms with Crippen LogP contribution in [0.1, 0.15) is 13.3 Å². The second-order valence-corrected chi connectivity index (χ2v) is 4.08. The van der Waals surface area contributed by atoms with Gasteiger partial charge in [0, 0.05) is 0 Å². The van der Waals surface area contributed by atoms with Gasteiger partial charge in [-0.1, -0.05) is 19.1 Å². The van der Waals surface area contributed by atoms with Gasteiger partial charge >= 0.3 is 0 Å². The SMILES string of the molecule is CCC1C(=O)NCC(=O)N1c1ccccc1OC. The Hall–Kier alpha value is -2.04. The van der Waals surface area contributed by atoms with E-state index in [0.717, 1.165) is 0 Å². The standard InChI is InChI=1S/C13H16N2O3/c1-3-9-13(17)14-8-12(16)15(9)10-6-4-5-7-11(10)18-2/h4-7,9H,3,8H2,1-2H3,(H,14,17). The van der Waals surface area contributed by atoms with Gasteiger partial charge in [-0.25, -0.2) is 0 Å². The zero-order valence-electron chi connectivity index (χ0n) is 10.5. The number of rotatable bonds is 3. The number of para-hydroxylation sites is 2. The third-order valence-electron chi connectivity index (χ3n) is 3.03. The molecule has 0 saturated carbocycles. The molecule has 18 heavy (non-hydrogen) atoms.